The number of ether oxygens (including phenoxy) is 2. The lowest BCUT2D eigenvalue weighted by Crippen LogP contribution is -2.33. The highest BCUT2D eigenvalue weighted by molar-refractivity contribution is 6.00. The topological polar surface area (TPSA) is 96.3 Å². The minimum Gasteiger partial charge on any atom is -0.486 e. The number of rotatable bonds is 8. The molecule has 0 saturated heterocycles. The molecule has 7 heteroatoms. The molecule has 0 bridgehead atoms. The number of likely N-dealkylation sites (N-methyl/N-ethyl adjacent to an activating group) is 1. The van der Waals surface area contributed by atoms with Crippen LogP contribution in [0.2, 0.25) is 0 Å². The minimum atomic E-state index is -1.03. The maximum absolute atomic E-state index is 12.7. The fourth-order valence-electron chi connectivity index (χ4n) is 2.52. The molecule has 1 unspecified atom stereocenters. The van der Waals surface area contributed by atoms with Gasteiger partial charge in [-0.3, -0.25) is 9.59 Å². The molecule has 2 N–H and O–H groups in total. The van der Waals surface area contributed by atoms with Gasteiger partial charge in [0.25, 0.3) is 0 Å². The van der Waals surface area contributed by atoms with Gasteiger partial charge in [-0.25, -0.2) is 0 Å². The summed E-state index contributed by atoms with van der Waals surface area (Å²) in [4.78, 5) is 25.4. The van der Waals surface area contributed by atoms with Crippen LogP contribution in [0.4, 0.5) is 0 Å². The van der Waals surface area contributed by atoms with Crippen LogP contribution in [0.3, 0.4) is 0 Å². The average molecular weight is 323 g/mol. The molecule has 0 aromatic heterocycles. The van der Waals surface area contributed by atoms with Crippen molar-refractivity contribution in [1.82, 2.24) is 4.90 Å². The molecule has 126 valence electrons. The quantitative estimate of drug-likeness (QED) is 0.678. The van der Waals surface area contributed by atoms with Crippen LogP contribution in [0.25, 0.3) is 0 Å². The van der Waals surface area contributed by atoms with Crippen molar-refractivity contribution in [1.29, 1.82) is 0 Å². The lowest BCUT2D eigenvalue weighted by Gasteiger charge is -2.23. The van der Waals surface area contributed by atoms with Crippen molar-refractivity contribution in [2.75, 3.05) is 40.0 Å². The second-order valence-electron chi connectivity index (χ2n) is 5.50. The molecular weight excluding hydrogens is 302 g/mol. The van der Waals surface area contributed by atoms with Gasteiger partial charge in [0.05, 0.1) is 13.0 Å². The minimum absolute atomic E-state index is 0.0471. The van der Waals surface area contributed by atoms with E-state index in [9.17, 15) is 9.59 Å². The van der Waals surface area contributed by atoms with Crippen molar-refractivity contribution in [3.63, 3.8) is 0 Å². The smallest absolute Gasteiger partial charge is 0.304 e. The first-order valence-corrected chi connectivity index (χ1v) is 7.46. The molecule has 0 amide bonds. The SMILES string of the molecule is CN(CCO)CC(CC(=O)O)C(=O)c1ccc2c(c1)OCCO2. The van der Waals surface area contributed by atoms with E-state index >= 15 is 0 Å². The lowest BCUT2D eigenvalue weighted by molar-refractivity contribution is -0.137. The molecule has 23 heavy (non-hydrogen) atoms. The first-order valence-electron chi connectivity index (χ1n) is 7.46. The summed E-state index contributed by atoms with van der Waals surface area (Å²) in [6.45, 7) is 1.48. The number of ketones is 1. The molecule has 2 rings (SSSR count). The van der Waals surface area contributed by atoms with Crippen molar-refractivity contribution in [2.45, 2.75) is 6.42 Å². The van der Waals surface area contributed by atoms with E-state index in [-0.39, 0.29) is 25.4 Å². The van der Waals surface area contributed by atoms with E-state index in [1.165, 1.54) is 0 Å². The normalized spacial score (nSPS) is 14.6. The fraction of sp³-hybridized carbons (Fsp3) is 0.500. The number of hydrogen-bond acceptors (Lipinski definition) is 6. The molecule has 1 aliphatic heterocycles. The van der Waals surface area contributed by atoms with Gasteiger partial charge in [0.15, 0.2) is 17.3 Å². The Labute approximate surface area is 134 Å². The maximum atomic E-state index is 12.7. The van der Waals surface area contributed by atoms with E-state index in [1.807, 2.05) is 0 Å². The number of carboxylic acids is 1. The number of carboxylic acid groups (broad SMARTS) is 1. The molecular formula is C16H21NO6. The summed E-state index contributed by atoms with van der Waals surface area (Å²) in [6, 6.07) is 4.88. The van der Waals surface area contributed by atoms with E-state index in [2.05, 4.69) is 0 Å². The Morgan fingerprint density at radius 1 is 1.26 bits per heavy atom. The number of fused-ring (bicyclic) bond motifs is 1. The van der Waals surface area contributed by atoms with Crippen molar-refractivity contribution in [3.8, 4) is 11.5 Å². The Morgan fingerprint density at radius 3 is 2.61 bits per heavy atom. The highest BCUT2D eigenvalue weighted by Gasteiger charge is 2.25. The Morgan fingerprint density at radius 2 is 1.96 bits per heavy atom. The molecule has 0 radical (unpaired) electrons. The van der Waals surface area contributed by atoms with Crippen molar-refractivity contribution >= 4 is 11.8 Å². The molecule has 0 fully saturated rings. The molecule has 1 atom stereocenters. The second kappa shape index (κ2) is 7.94. The number of benzene rings is 1. The van der Waals surface area contributed by atoms with E-state index in [4.69, 9.17) is 19.7 Å². The second-order valence-corrected chi connectivity index (χ2v) is 5.50. The van der Waals surface area contributed by atoms with Crippen LogP contribution < -0.4 is 9.47 Å². The Bertz CT molecular complexity index is 574. The van der Waals surface area contributed by atoms with Gasteiger partial charge in [0.2, 0.25) is 0 Å². The fourth-order valence-corrected chi connectivity index (χ4v) is 2.52. The first-order chi connectivity index (χ1) is 11.0. The summed E-state index contributed by atoms with van der Waals surface area (Å²) < 4.78 is 10.9. The van der Waals surface area contributed by atoms with Crippen LogP contribution in [-0.2, 0) is 4.79 Å². The molecule has 1 aromatic rings. The van der Waals surface area contributed by atoms with Gasteiger partial charge in [-0.1, -0.05) is 0 Å². The maximum Gasteiger partial charge on any atom is 0.304 e. The van der Waals surface area contributed by atoms with Gasteiger partial charge in [-0.15, -0.1) is 0 Å². The lowest BCUT2D eigenvalue weighted by atomic mass is 9.93. The van der Waals surface area contributed by atoms with Crippen molar-refractivity contribution in [2.24, 2.45) is 5.92 Å². The predicted octanol–water partition coefficient (Wildman–Crippen LogP) is 0.655. The number of nitrogens with zero attached hydrogens (tertiary/aromatic N) is 1. The van der Waals surface area contributed by atoms with Gasteiger partial charge in [-0.05, 0) is 25.2 Å². The van der Waals surface area contributed by atoms with E-state index in [1.54, 1.807) is 30.1 Å². The van der Waals surface area contributed by atoms with Gasteiger partial charge in [0.1, 0.15) is 13.2 Å². The summed E-state index contributed by atoms with van der Waals surface area (Å²) in [7, 11) is 1.74. The summed E-state index contributed by atoms with van der Waals surface area (Å²) in [5.74, 6) is -0.890. The van der Waals surface area contributed by atoms with Crippen LogP contribution in [-0.4, -0.2) is 66.8 Å². The average Bonchev–Trinajstić information content (AvgIpc) is 2.53. The summed E-state index contributed by atoms with van der Waals surface area (Å²) >= 11 is 0. The first kappa shape index (κ1) is 17.2. The van der Waals surface area contributed by atoms with Crippen LogP contribution in [0.1, 0.15) is 16.8 Å². The number of hydrogen-bond donors (Lipinski definition) is 2. The monoisotopic (exact) mass is 323 g/mol. The van der Waals surface area contributed by atoms with Gasteiger partial charge < -0.3 is 24.6 Å². The Balaban J connectivity index is 2.16. The standard InChI is InChI=1S/C16H21NO6/c1-17(4-5-18)10-12(9-15(19)20)16(21)11-2-3-13-14(8-11)23-7-6-22-13/h2-3,8,12,18H,4-7,9-10H2,1H3,(H,19,20). The molecule has 0 spiro atoms. The molecule has 1 aliphatic rings. The number of aliphatic hydroxyl groups excluding tert-OH is 1. The number of aliphatic carboxylic acids is 1. The van der Waals surface area contributed by atoms with E-state index < -0.39 is 11.9 Å². The molecule has 0 saturated carbocycles. The summed E-state index contributed by atoms with van der Waals surface area (Å²) in [5.41, 5.74) is 0.401. The number of carbonyl (C=O) groups is 2. The Kier molecular flexibility index (Phi) is 5.95. The van der Waals surface area contributed by atoms with Crippen LogP contribution in [0.15, 0.2) is 18.2 Å². The van der Waals surface area contributed by atoms with Gasteiger partial charge >= 0.3 is 5.97 Å². The van der Waals surface area contributed by atoms with E-state index in [0.717, 1.165) is 0 Å². The van der Waals surface area contributed by atoms with Gasteiger partial charge in [0, 0.05) is 24.6 Å². The molecule has 0 aliphatic carbocycles. The summed E-state index contributed by atoms with van der Waals surface area (Å²) in [5, 5.41) is 18.0. The van der Waals surface area contributed by atoms with Crippen LogP contribution >= 0.6 is 0 Å². The highest BCUT2D eigenvalue weighted by Crippen LogP contribution is 2.31. The highest BCUT2D eigenvalue weighted by atomic mass is 16.6. The van der Waals surface area contributed by atoms with Crippen molar-refractivity contribution < 1.29 is 29.3 Å². The molecule has 1 heterocycles. The zero-order valence-corrected chi connectivity index (χ0v) is 13.0. The van der Waals surface area contributed by atoms with Crippen LogP contribution in [0.5, 0.6) is 11.5 Å². The number of carbonyl (C=O) groups excluding carboxylic acids is 1. The Hall–Kier alpha value is -2.12. The zero-order valence-electron chi connectivity index (χ0n) is 13.0. The third-order valence-electron chi connectivity index (χ3n) is 3.63. The third kappa shape index (κ3) is 4.67. The molecule has 1 aromatic carbocycles. The number of Topliss-reactive ketones (excluding diaryl/α,β-unsaturated/α-hetero) is 1. The largest absolute Gasteiger partial charge is 0.486 e. The van der Waals surface area contributed by atoms with Gasteiger partial charge in [-0.2, -0.15) is 0 Å². The predicted molar refractivity (Wildman–Crippen MR) is 82.1 cm³/mol. The van der Waals surface area contributed by atoms with Crippen molar-refractivity contribution in [3.05, 3.63) is 23.8 Å². The third-order valence-corrected chi connectivity index (χ3v) is 3.63. The van der Waals surface area contributed by atoms with Crippen LogP contribution in [0, 0.1) is 5.92 Å². The molecule has 7 nitrogen and oxygen atoms in total. The number of aliphatic hydroxyl groups is 1. The summed E-state index contributed by atoms with van der Waals surface area (Å²) in [6.07, 6.45) is -0.261. The zero-order chi connectivity index (χ0) is 16.8. The van der Waals surface area contributed by atoms with E-state index in [0.29, 0.717) is 36.8 Å².